The Kier molecular flexibility index (Phi) is 3.63. The van der Waals surface area contributed by atoms with Gasteiger partial charge < -0.3 is 14.8 Å². The van der Waals surface area contributed by atoms with Crippen LogP contribution >= 0.6 is 0 Å². The molecule has 0 saturated heterocycles. The summed E-state index contributed by atoms with van der Waals surface area (Å²) in [5, 5.41) is 2.98. The molecule has 124 valence electrons. The predicted molar refractivity (Wildman–Crippen MR) is 87.7 cm³/mol. The highest BCUT2D eigenvalue weighted by Gasteiger charge is 2.43. The van der Waals surface area contributed by atoms with E-state index in [9.17, 15) is 9.18 Å². The Morgan fingerprint density at radius 1 is 1.04 bits per heavy atom. The summed E-state index contributed by atoms with van der Waals surface area (Å²) in [4.78, 5) is 13.0. The van der Waals surface area contributed by atoms with Gasteiger partial charge in [-0.25, -0.2) is 4.39 Å². The molecule has 1 fully saturated rings. The Morgan fingerprint density at radius 2 is 1.83 bits per heavy atom. The zero-order valence-corrected chi connectivity index (χ0v) is 13.2. The van der Waals surface area contributed by atoms with Crippen LogP contribution in [0.2, 0.25) is 0 Å². The zero-order chi connectivity index (χ0) is 16.6. The number of ether oxygens (including phenoxy) is 2. The van der Waals surface area contributed by atoms with Crippen molar-refractivity contribution in [2.45, 2.75) is 31.1 Å². The van der Waals surface area contributed by atoms with Crippen molar-refractivity contribution in [1.29, 1.82) is 0 Å². The third kappa shape index (κ3) is 2.50. The maximum atomic E-state index is 13.7. The molecule has 0 aromatic heterocycles. The minimum absolute atomic E-state index is 0.0931. The minimum Gasteiger partial charge on any atom is -0.454 e. The highest BCUT2D eigenvalue weighted by Crippen LogP contribution is 2.43. The number of fused-ring (bicyclic) bond motifs is 1. The first-order chi connectivity index (χ1) is 11.7. The molecule has 4 nitrogen and oxygen atoms in total. The molecule has 0 bridgehead atoms. The Labute approximate surface area is 139 Å². The molecule has 5 heteroatoms. The molecule has 24 heavy (non-hydrogen) atoms. The lowest BCUT2D eigenvalue weighted by atomic mass is 9.78. The number of nitrogens with one attached hydrogen (secondary N) is 1. The highest BCUT2D eigenvalue weighted by molar-refractivity contribution is 5.99. The summed E-state index contributed by atoms with van der Waals surface area (Å²) in [6, 6.07) is 11.7. The van der Waals surface area contributed by atoms with E-state index >= 15 is 0 Å². The van der Waals surface area contributed by atoms with Crippen molar-refractivity contribution >= 4 is 11.6 Å². The summed E-state index contributed by atoms with van der Waals surface area (Å²) < 4.78 is 24.3. The van der Waals surface area contributed by atoms with E-state index in [0.717, 1.165) is 31.2 Å². The predicted octanol–water partition coefficient (Wildman–Crippen LogP) is 4.00. The Morgan fingerprint density at radius 3 is 2.62 bits per heavy atom. The number of benzene rings is 2. The monoisotopic (exact) mass is 327 g/mol. The van der Waals surface area contributed by atoms with E-state index in [0.29, 0.717) is 17.2 Å². The van der Waals surface area contributed by atoms with Crippen LogP contribution in [0.15, 0.2) is 42.5 Å². The first-order valence-electron chi connectivity index (χ1n) is 8.15. The second kappa shape index (κ2) is 5.82. The topological polar surface area (TPSA) is 47.6 Å². The van der Waals surface area contributed by atoms with E-state index in [2.05, 4.69) is 5.32 Å². The van der Waals surface area contributed by atoms with Crippen LogP contribution in [0.3, 0.4) is 0 Å². The quantitative estimate of drug-likeness (QED) is 0.927. The van der Waals surface area contributed by atoms with Gasteiger partial charge in [0.2, 0.25) is 12.7 Å². The lowest BCUT2D eigenvalue weighted by Gasteiger charge is -2.28. The van der Waals surface area contributed by atoms with Crippen molar-refractivity contribution in [1.82, 2.24) is 0 Å². The van der Waals surface area contributed by atoms with Gasteiger partial charge in [0, 0.05) is 11.8 Å². The van der Waals surface area contributed by atoms with Crippen LogP contribution in [0.1, 0.15) is 31.2 Å². The molecule has 1 amide bonds. The average Bonchev–Trinajstić information content (AvgIpc) is 3.24. The Hall–Kier alpha value is -2.56. The fourth-order valence-electron chi connectivity index (χ4n) is 3.64. The lowest BCUT2D eigenvalue weighted by Crippen LogP contribution is -2.38. The van der Waals surface area contributed by atoms with Gasteiger partial charge in [-0.3, -0.25) is 4.79 Å². The van der Waals surface area contributed by atoms with Crippen molar-refractivity contribution in [3.05, 3.63) is 53.8 Å². The SMILES string of the molecule is O=C(Nc1ccc2c(c1)OCO2)C1(c2cccc(F)c2)CCCC1. The highest BCUT2D eigenvalue weighted by atomic mass is 19.1. The largest absolute Gasteiger partial charge is 0.454 e. The molecule has 1 heterocycles. The molecule has 4 rings (SSSR count). The molecule has 0 unspecified atom stereocenters. The summed E-state index contributed by atoms with van der Waals surface area (Å²) in [7, 11) is 0. The van der Waals surface area contributed by atoms with Gasteiger partial charge in [-0.1, -0.05) is 25.0 Å². The van der Waals surface area contributed by atoms with Gasteiger partial charge in [-0.2, -0.15) is 0 Å². The molecule has 1 aliphatic carbocycles. The van der Waals surface area contributed by atoms with E-state index in [1.807, 2.05) is 6.07 Å². The molecule has 2 aromatic rings. The molecule has 0 atom stereocenters. The van der Waals surface area contributed by atoms with Crippen LogP contribution in [-0.4, -0.2) is 12.7 Å². The molecule has 2 aliphatic rings. The van der Waals surface area contributed by atoms with Gasteiger partial charge >= 0.3 is 0 Å². The lowest BCUT2D eigenvalue weighted by molar-refractivity contribution is -0.121. The zero-order valence-electron chi connectivity index (χ0n) is 13.2. The Balaban J connectivity index is 1.63. The molecule has 1 N–H and O–H groups in total. The fourth-order valence-corrected chi connectivity index (χ4v) is 3.64. The summed E-state index contributed by atoms with van der Waals surface area (Å²) in [6.07, 6.45) is 3.38. The van der Waals surface area contributed by atoms with E-state index < -0.39 is 5.41 Å². The van der Waals surface area contributed by atoms with Crippen LogP contribution in [0.5, 0.6) is 11.5 Å². The first-order valence-corrected chi connectivity index (χ1v) is 8.15. The van der Waals surface area contributed by atoms with Crippen LogP contribution in [0, 0.1) is 5.82 Å². The molecule has 0 spiro atoms. The minimum atomic E-state index is -0.668. The summed E-state index contributed by atoms with van der Waals surface area (Å²) in [5.74, 6) is 0.895. The van der Waals surface area contributed by atoms with Crippen molar-refractivity contribution < 1.29 is 18.7 Å². The van der Waals surface area contributed by atoms with Crippen molar-refractivity contribution in [3.8, 4) is 11.5 Å². The number of carbonyl (C=O) groups is 1. The fraction of sp³-hybridized carbons (Fsp3) is 0.316. The van der Waals surface area contributed by atoms with Gasteiger partial charge in [-0.05, 0) is 42.7 Å². The van der Waals surface area contributed by atoms with Crippen molar-refractivity contribution in [3.63, 3.8) is 0 Å². The maximum absolute atomic E-state index is 13.7. The van der Waals surface area contributed by atoms with Crippen LogP contribution in [-0.2, 0) is 10.2 Å². The molecular formula is C19H18FNO3. The summed E-state index contributed by atoms with van der Waals surface area (Å²) >= 11 is 0. The molecule has 0 radical (unpaired) electrons. The number of hydrogen-bond acceptors (Lipinski definition) is 3. The molecular weight excluding hydrogens is 309 g/mol. The third-order valence-electron chi connectivity index (χ3n) is 4.90. The Bertz CT molecular complexity index is 784. The smallest absolute Gasteiger partial charge is 0.235 e. The van der Waals surface area contributed by atoms with Gasteiger partial charge in [0.05, 0.1) is 5.41 Å². The average molecular weight is 327 g/mol. The number of halogens is 1. The molecule has 2 aromatic carbocycles. The van der Waals surface area contributed by atoms with Gasteiger partial charge in [0.15, 0.2) is 11.5 Å². The van der Waals surface area contributed by atoms with Crippen LogP contribution < -0.4 is 14.8 Å². The van der Waals surface area contributed by atoms with Crippen molar-refractivity contribution in [2.24, 2.45) is 0 Å². The summed E-state index contributed by atoms with van der Waals surface area (Å²) in [6.45, 7) is 0.194. The van der Waals surface area contributed by atoms with Gasteiger partial charge in [0.1, 0.15) is 5.82 Å². The number of amides is 1. The summed E-state index contributed by atoms with van der Waals surface area (Å²) in [5.41, 5.74) is 0.739. The second-order valence-electron chi connectivity index (χ2n) is 6.32. The number of anilines is 1. The third-order valence-corrected chi connectivity index (χ3v) is 4.90. The van der Waals surface area contributed by atoms with Crippen LogP contribution in [0.25, 0.3) is 0 Å². The van der Waals surface area contributed by atoms with Crippen molar-refractivity contribution in [2.75, 3.05) is 12.1 Å². The van der Waals surface area contributed by atoms with Gasteiger partial charge in [0.25, 0.3) is 0 Å². The normalized spacial score (nSPS) is 17.7. The second-order valence-corrected chi connectivity index (χ2v) is 6.32. The first kappa shape index (κ1) is 15.0. The van der Waals surface area contributed by atoms with E-state index in [-0.39, 0.29) is 18.5 Å². The maximum Gasteiger partial charge on any atom is 0.235 e. The van der Waals surface area contributed by atoms with E-state index in [4.69, 9.17) is 9.47 Å². The van der Waals surface area contributed by atoms with E-state index in [1.165, 1.54) is 12.1 Å². The van der Waals surface area contributed by atoms with Gasteiger partial charge in [-0.15, -0.1) is 0 Å². The number of carbonyl (C=O) groups excluding carboxylic acids is 1. The molecule has 1 aliphatic heterocycles. The standard InChI is InChI=1S/C19H18FNO3/c20-14-5-3-4-13(10-14)19(8-1-2-9-19)18(22)21-15-6-7-16-17(11-15)24-12-23-16/h3-7,10-11H,1-2,8-9,12H2,(H,21,22). The molecule has 1 saturated carbocycles. The number of rotatable bonds is 3. The van der Waals surface area contributed by atoms with E-state index in [1.54, 1.807) is 24.3 Å². The van der Waals surface area contributed by atoms with Crippen LogP contribution in [0.4, 0.5) is 10.1 Å². The number of hydrogen-bond donors (Lipinski definition) is 1.